The maximum Gasteiger partial charge on any atom is 0.229 e. The fourth-order valence-corrected chi connectivity index (χ4v) is 2.30. The number of thiocarbonyl (C=S) groups is 1. The Hall–Kier alpha value is -2.01. The van der Waals surface area contributed by atoms with Crippen molar-refractivity contribution in [2.45, 2.75) is 27.7 Å². The van der Waals surface area contributed by atoms with Crippen molar-refractivity contribution in [3.8, 4) is 0 Å². The van der Waals surface area contributed by atoms with Crippen LogP contribution >= 0.6 is 12.2 Å². The molecule has 1 heterocycles. The van der Waals surface area contributed by atoms with Crippen LogP contribution < -0.4 is 10.6 Å². The molecule has 1 aromatic heterocycles. The molecule has 0 spiro atoms. The average molecular weight is 286 g/mol. The van der Waals surface area contributed by atoms with Crippen LogP contribution in [-0.4, -0.2) is 15.1 Å². The van der Waals surface area contributed by atoms with Crippen LogP contribution in [0.2, 0.25) is 0 Å². The monoisotopic (exact) mass is 286 g/mol. The molecule has 2 rings (SSSR count). The first-order chi connectivity index (χ1) is 9.42. The Morgan fingerprint density at radius 3 is 1.95 bits per heavy atom. The predicted molar refractivity (Wildman–Crippen MR) is 87.3 cm³/mol. The number of benzene rings is 1. The summed E-state index contributed by atoms with van der Waals surface area (Å²) in [6.07, 6.45) is 0. The third kappa shape index (κ3) is 3.99. The normalized spacial score (nSPS) is 10.2. The van der Waals surface area contributed by atoms with Gasteiger partial charge in [0.2, 0.25) is 5.95 Å². The van der Waals surface area contributed by atoms with Crippen LogP contribution in [0, 0.1) is 27.7 Å². The van der Waals surface area contributed by atoms with Crippen molar-refractivity contribution in [2.75, 3.05) is 10.6 Å². The molecule has 0 aliphatic carbocycles. The number of rotatable bonds is 2. The van der Waals surface area contributed by atoms with Crippen LogP contribution in [0.25, 0.3) is 0 Å². The minimum absolute atomic E-state index is 0.486. The van der Waals surface area contributed by atoms with Crippen LogP contribution in [0.5, 0.6) is 0 Å². The number of hydrogen-bond acceptors (Lipinski definition) is 3. The Morgan fingerprint density at radius 1 is 0.850 bits per heavy atom. The summed E-state index contributed by atoms with van der Waals surface area (Å²) in [7, 11) is 0. The summed E-state index contributed by atoms with van der Waals surface area (Å²) in [6.45, 7) is 7.98. The summed E-state index contributed by atoms with van der Waals surface area (Å²) in [5.41, 5.74) is 5.17. The second kappa shape index (κ2) is 5.96. The van der Waals surface area contributed by atoms with Crippen molar-refractivity contribution in [3.05, 3.63) is 46.8 Å². The molecule has 0 saturated carbocycles. The smallest absolute Gasteiger partial charge is 0.229 e. The van der Waals surface area contributed by atoms with Gasteiger partial charge in [-0.2, -0.15) is 0 Å². The lowest BCUT2D eigenvalue weighted by molar-refractivity contribution is 1.07. The molecule has 4 nitrogen and oxygen atoms in total. The SMILES string of the molecule is Cc1cc(C)cc(NC(=S)Nc2nc(C)cc(C)n2)c1. The number of aromatic nitrogens is 2. The predicted octanol–water partition coefficient (Wildman–Crippen LogP) is 3.52. The molecule has 2 aromatic rings. The van der Waals surface area contributed by atoms with E-state index in [0.29, 0.717) is 11.1 Å². The molecule has 0 radical (unpaired) electrons. The zero-order chi connectivity index (χ0) is 14.7. The van der Waals surface area contributed by atoms with Gasteiger partial charge in [-0.3, -0.25) is 0 Å². The van der Waals surface area contributed by atoms with Gasteiger partial charge in [0.1, 0.15) is 0 Å². The second-order valence-electron chi connectivity index (χ2n) is 4.93. The lowest BCUT2D eigenvalue weighted by Crippen LogP contribution is -2.21. The average Bonchev–Trinajstić information content (AvgIpc) is 2.24. The molecule has 2 N–H and O–H groups in total. The van der Waals surface area contributed by atoms with Crippen LogP contribution in [0.1, 0.15) is 22.5 Å². The van der Waals surface area contributed by atoms with Crippen molar-refractivity contribution in [2.24, 2.45) is 0 Å². The molecule has 0 aliphatic heterocycles. The molecule has 0 unspecified atom stereocenters. The van der Waals surface area contributed by atoms with Gasteiger partial charge in [0.15, 0.2) is 5.11 Å². The second-order valence-corrected chi connectivity index (χ2v) is 5.34. The molecule has 0 atom stereocenters. The molecular formula is C15H18N4S. The van der Waals surface area contributed by atoms with Crippen molar-refractivity contribution in [1.29, 1.82) is 0 Å². The molecule has 0 aliphatic rings. The first-order valence-corrected chi connectivity index (χ1v) is 6.82. The summed E-state index contributed by atoms with van der Waals surface area (Å²) >= 11 is 5.29. The number of aryl methyl sites for hydroxylation is 4. The molecule has 0 fully saturated rings. The first-order valence-electron chi connectivity index (χ1n) is 6.41. The summed E-state index contributed by atoms with van der Waals surface area (Å²) < 4.78 is 0. The molecule has 0 amide bonds. The molecule has 5 heteroatoms. The number of nitrogens with zero attached hydrogens (tertiary/aromatic N) is 2. The quantitative estimate of drug-likeness (QED) is 0.827. The van der Waals surface area contributed by atoms with Gasteiger partial charge in [0.25, 0.3) is 0 Å². The van der Waals surface area contributed by atoms with E-state index < -0.39 is 0 Å². The highest BCUT2D eigenvalue weighted by atomic mass is 32.1. The van der Waals surface area contributed by atoms with Crippen molar-refractivity contribution >= 4 is 29.0 Å². The van der Waals surface area contributed by atoms with Crippen LogP contribution in [0.15, 0.2) is 24.3 Å². The molecule has 20 heavy (non-hydrogen) atoms. The van der Waals surface area contributed by atoms with E-state index in [1.807, 2.05) is 32.0 Å². The van der Waals surface area contributed by atoms with Crippen LogP contribution in [0.4, 0.5) is 11.6 Å². The molecule has 0 bridgehead atoms. The Balaban J connectivity index is 2.08. The van der Waals surface area contributed by atoms with Gasteiger partial charge in [-0.15, -0.1) is 0 Å². The highest BCUT2D eigenvalue weighted by Crippen LogP contribution is 2.14. The van der Waals surface area contributed by atoms with Gasteiger partial charge < -0.3 is 10.6 Å². The van der Waals surface area contributed by atoms with E-state index in [4.69, 9.17) is 12.2 Å². The Kier molecular flexibility index (Phi) is 4.29. The lowest BCUT2D eigenvalue weighted by Gasteiger charge is -2.11. The van der Waals surface area contributed by atoms with E-state index in [-0.39, 0.29) is 0 Å². The summed E-state index contributed by atoms with van der Waals surface area (Å²) in [5, 5.41) is 6.65. The lowest BCUT2D eigenvalue weighted by atomic mass is 10.1. The summed E-state index contributed by atoms with van der Waals surface area (Å²) in [4.78, 5) is 8.60. The fraction of sp³-hybridized carbons (Fsp3) is 0.267. The van der Waals surface area contributed by atoms with Crippen molar-refractivity contribution in [1.82, 2.24) is 9.97 Å². The van der Waals surface area contributed by atoms with Crippen molar-refractivity contribution < 1.29 is 0 Å². The number of nitrogens with one attached hydrogen (secondary N) is 2. The Bertz CT molecular complexity index is 556. The minimum atomic E-state index is 0.486. The van der Waals surface area contributed by atoms with E-state index in [2.05, 4.69) is 40.5 Å². The number of anilines is 2. The van der Waals surface area contributed by atoms with Gasteiger partial charge in [0.05, 0.1) is 0 Å². The largest absolute Gasteiger partial charge is 0.332 e. The van der Waals surface area contributed by atoms with E-state index in [0.717, 1.165) is 17.1 Å². The number of hydrogen-bond donors (Lipinski definition) is 2. The van der Waals surface area contributed by atoms with Crippen molar-refractivity contribution in [3.63, 3.8) is 0 Å². The maximum atomic E-state index is 5.29. The van der Waals surface area contributed by atoms with Crippen LogP contribution in [0.3, 0.4) is 0 Å². The summed E-state index contributed by atoms with van der Waals surface area (Å²) in [6, 6.07) is 8.13. The van der Waals surface area contributed by atoms with Gasteiger partial charge in [-0.05, 0) is 69.2 Å². The molecule has 0 saturated heterocycles. The molecule has 104 valence electrons. The highest BCUT2D eigenvalue weighted by molar-refractivity contribution is 7.80. The zero-order valence-corrected chi connectivity index (χ0v) is 12.9. The van der Waals surface area contributed by atoms with E-state index >= 15 is 0 Å². The van der Waals surface area contributed by atoms with Gasteiger partial charge in [-0.25, -0.2) is 9.97 Å². The zero-order valence-electron chi connectivity index (χ0n) is 12.1. The van der Waals surface area contributed by atoms with E-state index in [1.54, 1.807) is 0 Å². The first kappa shape index (κ1) is 14.4. The molecule has 1 aromatic carbocycles. The standard InChI is InChI=1S/C15H18N4S/c1-9-5-10(2)7-13(6-9)18-15(20)19-14-16-11(3)8-12(4)17-14/h5-8H,1-4H3,(H2,16,17,18,19,20). The highest BCUT2D eigenvalue weighted by Gasteiger charge is 2.03. The van der Waals surface area contributed by atoms with E-state index in [1.165, 1.54) is 11.1 Å². The maximum absolute atomic E-state index is 5.29. The Morgan fingerprint density at radius 2 is 1.40 bits per heavy atom. The van der Waals surface area contributed by atoms with Crippen LogP contribution in [-0.2, 0) is 0 Å². The van der Waals surface area contributed by atoms with E-state index in [9.17, 15) is 0 Å². The Labute approximate surface area is 124 Å². The summed E-state index contributed by atoms with van der Waals surface area (Å²) in [5.74, 6) is 0.518. The minimum Gasteiger partial charge on any atom is -0.332 e. The third-order valence-electron chi connectivity index (χ3n) is 2.69. The third-order valence-corrected chi connectivity index (χ3v) is 2.89. The van der Waals surface area contributed by atoms with Gasteiger partial charge in [0, 0.05) is 17.1 Å². The topological polar surface area (TPSA) is 49.8 Å². The van der Waals surface area contributed by atoms with Gasteiger partial charge in [-0.1, -0.05) is 6.07 Å². The van der Waals surface area contributed by atoms with Gasteiger partial charge >= 0.3 is 0 Å². The fourth-order valence-electron chi connectivity index (χ4n) is 2.09. The molecular weight excluding hydrogens is 268 g/mol.